The van der Waals surface area contributed by atoms with E-state index in [0.29, 0.717) is 0 Å². The third kappa shape index (κ3) is 3.12. The van der Waals surface area contributed by atoms with Crippen LogP contribution in [0.5, 0.6) is 0 Å². The number of nitrogens with zero attached hydrogens (tertiary/aromatic N) is 2. The normalized spacial score (nSPS) is 29.5. The van der Waals surface area contributed by atoms with Gasteiger partial charge in [0.1, 0.15) is 18.3 Å². The van der Waals surface area contributed by atoms with Crippen molar-refractivity contribution in [3.8, 4) is 6.07 Å². The zero-order valence-corrected chi connectivity index (χ0v) is 13.0. The first-order chi connectivity index (χ1) is 11.4. The van der Waals surface area contributed by atoms with Gasteiger partial charge < -0.3 is 24.8 Å². The molecule has 1 aromatic heterocycles. The molecule has 10 nitrogen and oxygen atoms in total. The monoisotopic (exact) mass is 341 g/mol. The quantitative estimate of drug-likeness (QED) is 0.415. The number of aryl methyl sites for hydroxylation is 1. The fourth-order valence-electron chi connectivity index (χ4n) is 2.59. The van der Waals surface area contributed by atoms with E-state index in [1.165, 1.54) is 13.1 Å². The van der Waals surface area contributed by atoms with E-state index in [-0.39, 0.29) is 25.2 Å². The number of hydrogen-bond donors (Lipinski definition) is 4. The number of aromatic nitrogens is 2. The van der Waals surface area contributed by atoms with Gasteiger partial charge in [-0.05, 0) is 6.92 Å². The van der Waals surface area contributed by atoms with E-state index < -0.39 is 41.9 Å². The molecule has 1 saturated heterocycles. The lowest BCUT2D eigenvalue weighted by Gasteiger charge is -2.33. The van der Waals surface area contributed by atoms with Crippen molar-refractivity contribution in [1.29, 1.82) is 5.26 Å². The van der Waals surface area contributed by atoms with Crippen LogP contribution < -0.4 is 11.2 Å². The first-order valence-corrected chi connectivity index (χ1v) is 7.30. The Morgan fingerprint density at radius 1 is 1.50 bits per heavy atom. The Bertz CT molecular complexity index is 737. The van der Waals surface area contributed by atoms with Crippen LogP contribution >= 0.6 is 0 Å². The molecule has 2 heterocycles. The van der Waals surface area contributed by atoms with Gasteiger partial charge in [0.05, 0.1) is 32.3 Å². The number of aliphatic hydroxyl groups excluding tert-OH is 3. The van der Waals surface area contributed by atoms with Gasteiger partial charge in [-0.3, -0.25) is 14.3 Å². The molecule has 0 unspecified atom stereocenters. The molecule has 0 radical (unpaired) electrons. The molecule has 4 atom stereocenters. The molecule has 0 amide bonds. The molecule has 24 heavy (non-hydrogen) atoms. The van der Waals surface area contributed by atoms with Crippen LogP contribution in [0.2, 0.25) is 0 Å². The number of hydrogen-bond acceptors (Lipinski definition) is 8. The van der Waals surface area contributed by atoms with Crippen molar-refractivity contribution >= 4 is 0 Å². The van der Waals surface area contributed by atoms with E-state index in [0.717, 1.165) is 4.57 Å². The number of aliphatic hydroxyl groups is 3. The number of nitrogens with one attached hydrogen (secondary N) is 1. The maximum absolute atomic E-state index is 12.2. The summed E-state index contributed by atoms with van der Waals surface area (Å²) in [4.78, 5) is 25.8. The molecule has 1 aliphatic rings. The second-order valence-corrected chi connectivity index (χ2v) is 5.52. The van der Waals surface area contributed by atoms with Crippen LogP contribution in [0.15, 0.2) is 15.8 Å². The average molecular weight is 341 g/mol. The highest BCUT2D eigenvalue weighted by Gasteiger charge is 2.56. The smallest absolute Gasteiger partial charge is 0.330 e. The van der Waals surface area contributed by atoms with Gasteiger partial charge in [-0.2, -0.15) is 5.26 Å². The van der Waals surface area contributed by atoms with Crippen LogP contribution in [0.4, 0.5) is 0 Å². The number of rotatable bonds is 6. The van der Waals surface area contributed by atoms with Crippen molar-refractivity contribution in [3.05, 3.63) is 32.6 Å². The Balaban J connectivity index is 2.48. The lowest BCUT2D eigenvalue weighted by molar-refractivity contribution is -0.184. The number of H-pyrrole nitrogens is 1. The summed E-state index contributed by atoms with van der Waals surface area (Å²) in [5.74, 6) is 0. The summed E-state index contributed by atoms with van der Waals surface area (Å²) in [5.41, 5.74) is -3.11. The summed E-state index contributed by atoms with van der Waals surface area (Å²) in [6.45, 7) is 0.523. The number of ether oxygens (including phenoxy) is 2. The molecule has 132 valence electrons. The minimum Gasteiger partial charge on any atom is -0.394 e. The summed E-state index contributed by atoms with van der Waals surface area (Å²) in [6, 6.07) is 1.88. The summed E-state index contributed by atoms with van der Waals surface area (Å²) in [6.07, 6.45) is -2.94. The molecule has 0 aromatic carbocycles. The third-order valence-corrected chi connectivity index (χ3v) is 3.90. The molecule has 2 rings (SSSR count). The van der Waals surface area contributed by atoms with E-state index in [1.807, 2.05) is 6.07 Å². The van der Waals surface area contributed by atoms with Crippen molar-refractivity contribution in [2.24, 2.45) is 0 Å². The van der Waals surface area contributed by atoms with Crippen LogP contribution in [0.1, 0.15) is 12.0 Å². The predicted molar refractivity (Wildman–Crippen MR) is 79.1 cm³/mol. The molecule has 0 bridgehead atoms. The van der Waals surface area contributed by atoms with Crippen LogP contribution in [0.25, 0.3) is 0 Å². The number of nitriles is 1. The van der Waals surface area contributed by atoms with Crippen LogP contribution in [0, 0.1) is 18.3 Å². The second-order valence-electron chi connectivity index (χ2n) is 5.52. The largest absolute Gasteiger partial charge is 0.394 e. The van der Waals surface area contributed by atoms with Crippen LogP contribution in [-0.2, 0) is 15.2 Å². The first kappa shape index (κ1) is 18.3. The van der Waals surface area contributed by atoms with Crippen molar-refractivity contribution in [1.82, 2.24) is 9.55 Å². The van der Waals surface area contributed by atoms with Gasteiger partial charge in [0.2, 0.25) is 5.72 Å². The van der Waals surface area contributed by atoms with Gasteiger partial charge in [-0.25, -0.2) is 4.79 Å². The summed E-state index contributed by atoms with van der Waals surface area (Å²) < 4.78 is 11.8. The Morgan fingerprint density at radius 3 is 2.79 bits per heavy atom. The molecule has 0 saturated carbocycles. The Hall–Kier alpha value is -2.03. The van der Waals surface area contributed by atoms with E-state index in [9.17, 15) is 24.9 Å². The van der Waals surface area contributed by atoms with Crippen LogP contribution in [-0.4, -0.2) is 63.0 Å². The summed E-state index contributed by atoms with van der Waals surface area (Å²) in [5, 5.41) is 38.3. The van der Waals surface area contributed by atoms with Gasteiger partial charge in [0, 0.05) is 11.8 Å². The maximum Gasteiger partial charge on any atom is 0.330 e. The average Bonchev–Trinajstić information content (AvgIpc) is 2.80. The Kier molecular flexibility index (Phi) is 5.53. The molecule has 0 spiro atoms. The van der Waals surface area contributed by atoms with E-state index in [4.69, 9.17) is 14.7 Å². The summed E-state index contributed by atoms with van der Waals surface area (Å²) >= 11 is 0. The minimum atomic E-state index is -1.84. The van der Waals surface area contributed by atoms with E-state index in [2.05, 4.69) is 4.98 Å². The van der Waals surface area contributed by atoms with Gasteiger partial charge in [-0.1, -0.05) is 0 Å². The van der Waals surface area contributed by atoms with Crippen molar-refractivity contribution in [2.45, 2.75) is 37.4 Å². The molecule has 1 aliphatic heterocycles. The minimum absolute atomic E-state index is 0.0191. The standard InChI is InChI=1S/C14H19N3O7/c1-8-5-17(13(22)16-12(8)21)14(7-23-4-2-3-15)11(20)10(19)9(6-18)24-14/h5,9-11,18-20H,2,4,6-7H2,1H3,(H,16,21,22)/t9-,10-,11-,14-/m1/s1. The molecule has 1 aromatic rings. The zero-order chi connectivity index (χ0) is 17.9. The highest BCUT2D eigenvalue weighted by Crippen LogP contribution is 2.35. The molecule has 0 aliphatic carbocycles. The number of aromatic amines is 1. The highest BCUT2D eigenvalue weighted by atomic mass is 16.6. The topological polar surface area (TPSA) is 158 Å². The lowest BCUT2D eigenvalue weighted by Crippen LogP contribution is -2.54. The zero-order valence-electron chi connectivity index (χ0n) is 13.0. The van der Waals surface area contributed by atoms with E-state index >= 15 is 0 Å². The Morgan fingerprint density at radius 2 is 2.21 bits per heavy atom. The second kappa shape index (κ2) is 7.25. The SMILES string of the molecule is Cc1cn([C@]2(COCCC#N)O[C@H](CO)[C@@H](O)[C@H]2O)c(=O)[nH]c1=O. The lowest BCUT2D eigenvalue weighted by atomic mass is 10.0. The maximum atomic E-state index is 12.2. The summed E-state index contributed by atoms with van der Waals surface area (Å²) in [7, 11) is 0. The fraction of sp³-hybridized carbons (Fsp3) is 0.643. The van der Waals surface area contributed by atoms with Gasteiger partial charge in [0.25, 0.3) is 5.56 Å². The molecule has 1 fully saturated rings. The first-order valence-electron chi connectivity index (χ1n) is 7.30. The van der Waals surface area contributed by atoms with Gasteiger partial charge in [-0.15, -0.1) is 0 Å². The molecular formula is C14H19N3O7. The van der Waals surface area contributed by atoms with E-state index in [1.54, 1.807) is 0 Å². The molecule has 4 N–H and O–H groups in total. The highest BCUT2D eigenvalue weighted by molar-refractivity contribution is 5.07. The third-order valence-electron chi connectivity index (χ3n) is 3.90. The van der Waals surface area contributed by atoms with Crippen molar-refractivity contribution < 1.29 is 24.8 Å². The van der Waals surface area contributed by atoms with Crippen molar-refractivity contribution in [2.75, 3.05) is 19.8 Å². The Labute approximate surface area is 136 Å². The molecular weight excluding hydrogens is 322 g/mol. The van der Waals surface area contributed by atoms with Gasteiger partial charge >= 0.3 is 5.69 Å². The fourth-order valence-corrected chi connectivity index (χ4v) is 2.59. The van der Waals surface area contributed by atoms with Crippen molar-refractivity contribution in [3.63, 3.8) is 0 Å². The van der Waals surface area contributed by atoms with Crippen LogP contribution in [0.3, 0.4) is 0 Å². The predicted octanol–water partition coefficient (Wildman–Crippen LogP) is -2.46. The molecule has 10 heteroatoms. The van der Waals surface area contributed by atoms with Gasteiger partial charge in [0.15, 0.2) is 0 Å².